The summed E-state index contributed by atoms with van der Waals surface area (Å²) in [6, 6.07) is 13.8. The number of fused-ring (bicyclic) bond motifs is 6. The average molecular weight is 585 g/mol. The number of tetrazole rings is 1. The van der Waals surface area contributed by atoms with Crippen LogP contribution in [0.5, 0.6) is 0 Å². The highest BCUT2D eigenvalue weighted by molar-refractivity contribution is 6.30. The van der Waals surface area contributed by atoms with Gasteiger partial charge in [-0.15, -0.1) is 5.10 Å². The first-order valence-electron chi connectivity index (χ1n) is 14.2. The van der Waals surface area contributed by atoms with Gasteiger partial charge in [0.05, 0.1) is 11.4 Å². The molecule has 1 unspecified atom stereocenters. The summed E-state index contributed by atoms with van der Waals surface area (Å²) in [5, 5.41) is 14.8. The molecule has 1 aliphatic carbocycles. The smallest absolute Gasteiger partial charge is 0.224 e. The Balaban J connectivity index is 1.19. The third kappa shape index (κ3) is 6.01. The maximum atomic E-state index is 14.1. The van der Waals surface area contributed by atoms with Crippen LogP contribution >= 0.6 is 11.6 Å². The number of hydrogen-bond acceptors (Lipinski definition) is 6. The van der Waals surface area contributed by atoms with E-state index < -0.39 is 5.82 Å². The molecule has 1 aliphatic heterocycles. The summed E-state index contributed by atoms with van der Waals surface area (Å²) in [4.78, 5) is 30.3. The number of nitrogens with zero attached hydrogens (tertiary/aromatic N) is 5. The van der Waals surface area contributed by atoms with Gasteiger partial charge in [0.15, 0.2) is 5.78 Å². The summed E-state index contributed by atoms with van der Waals surface area (Å²) in [6.45, 7) is 0. The van der Waals surface area contributed by atoms with Crippen LogP contribution in [-0.2, 0) is 15.0 Å². The molecule has 1 N–H and O–H groups in total. The lowest BCUT2D eigenvalue weighted by molar-refractivity contribution is -0.116. The molecule has 2 aromatic carbocycles. The number of ketones is 1. The van der Waals surface area contributed by atoms with E-state index in [0.717, 1.165) is 66.6 Å². The molecular formula is C32H30ClFN6O2. The van der Waals surface area contributed by atoms with Crippen LogP contribution in [0.4, 0.5) is 10.1 Å². The number of amides is 1. The normalized spacial score (nSPS) is 20.0. The van der Waals surface area contributed by atoms with Gasteiger partial charge in [0.25, 0.3) is 0 Å². The fraction of sp³-hybridized carbons (Fsp3) is 0.312. The summed E-state index contributed by atoms with van der Waals surface area (Å²) >= 11 is 6.21. The van der Waals surface area contributed by atoms with Crippen molar-refractivity contribution >= 4 is 35.1 Å². The van der Waals surface area contributed by atoms with Crippen molar-refractivity contribution in [2.75, 3.05) is 5.32 Å². The van der Waals surface area contributed by atoms with E-state index in [9.17, 15) is 14.0 Å². The number of allylic oxidation sites excluding steroid dienone is 1. The topological polar surface area (TPSA) is 103 Å². The molecule has 2 aliphatic rings. The zero-order valence-corrected chi connectivity index (χ0v) is 23.7. The standard InChI is InChI=1S/C32H30ClFN6O2/c33-24-8-12-29(40-20-36-38-39-40)22(16-24)7-10-26(41)5-3-14-32-19-23(32)4-1-2-6-31(42)37-28-18-25(34)9-11-27(28)21-13-15-35-30(32)17-21/h7-13,15-18,20,23H,1-6,14,19H2,(H,37,42)/b10-7+/t23-,32?/m1/s1. The summed E-state index contributed by atoms with van der Waals surface area (Å²) in [7, 11) is 0. The second kappa shape index (κ2) is 11.9. The summed E-state index contributed by atoms with van der Waals surface area (Å²) in [5.41, 5.74) is 4.49. The molecule has 0 spiro atoms. The largest absolute Gasteiger partial charge is 0.325 e. The van der Waals surface area contributed by atoms with Gasteiger partial charge in [-0.25, -0.2) is 4.39 Å². The number of hydrogen-bond donors (Lipinski definition) is 1. The van der Waals surface area contributed by atoms with E-state index >= 15 is 0 Å². The van der Waals surface area contributed by atoms with Crippen LogP contribution in [0.25, 0.3) is 22.9 Å². The molecule has 8 nitrogen and oxygen atoms in total. The minimum atomic E-state index is -0.396. The lowest BCUT2D eigenvalue weighted by Crippen LogP contribution is -2.13. The molecule has 1 saturated carbocycles. The molecule has 0 saturated heterocycles. The number of aromatic nitrogens is 5. The van der Waals surface area contributed by atoms with Gasteiger partial charge in [-0.05, 0) is 115 Å². The Morgan fingerprint density at radius 3 is 2.93 bits per heavy atom. The Morgan fingerprint density at radius 1 is 1.17 bits per heavy atom. The van der Waals surface area contributed by atoms with Crippen molar-refractivity contribution in [2.45, 2.75) is 56.8 Å². The van der Waals surface area contributed by atoms with E-state index in [1.54, 1.807) is 36.5 Å². The van der Waals surface area contributed by atoms with Crippen LogP contribution in [0.2, 0.25) is 5.02 Å². The van der Waals surface area contributed by atoms with E-state index in [2.05, 4.69) is 26.9 Å². The zero-order valence-electron chi connectivity index (χ0n) is 23.0. The zero-order chi connectivity index (χ0) is 29.1. The van der Waals surface area contributed by atoms with Crippen molar-refractivity contribution in [3.63, 3.8) is 0 Å². The van der Waals surface area contributed by atoms with Crippen molar-refractivity contribution in [2.24, 2.45) is 5.92 Å². The van der Waals surface area contributed by atoms with Crippen LogP contribution < -0.4 is 5.32 Å². The van der Waals surface area contributed by atoms with Crippen LogP contribution in [0.15, 0.2) is 67.1 Å². The number of carbonyl (C=O) groups is 2. The van der Waals surface area contributed by atoms with E-state index in [-0.39, 0.29) is 17.1 Å². The average Bonchev–Trinajstić information content (AvgIpc) is 3.40. The van der Waals surface area contributed by atoms with Gasteiger partial charge in [0.2, 0.25) is 5.91 Å². The number of pyridine rings is 1. The Kier molecular flexibility index (Phi) is 7.93. The van der Waals surface area contributed by atoms with E-state index in [4.69, 9.17) is 16.6 Å². The minimum absolute atomic E-state index is 0.0260. The third-order valence-corrected chi connectivity index (χ3v) is 8.59. The Labute approximate surface area is 248 Å². The number of benzene rings is 2. The summed E-state index contributed by atoms with van der Waals surface area (Å²) in [5.74, 6) is -0.0234. The molecule has 4 aromatic rings. The Hall–Kier alpha value is -4.24. The van der Waals surface area contributed by atoms with Crippen LogP contribution in [0, 0.1) is 11.7 Å². The van der Waals surface area contributed by atoms with E-state index in [1.165, 1.54) is 23.1 Å². The maximum absolute atomic E-state index is 14.1. The molecule has 1 fully saturated rings. The molecule has 1 amide bonds. The molecule has 214 valence electrons. The van der Waals surface area contributed by atoms with Crippen LogP contribution in [0.3, 0.4) is 0 Å². The minimum Gasteiger partial charge on any atom is -0.325 e. The van der Waals surface area contributed by atoms with Crippen molar-refractivity contribution in [3.05, 3.63) is 89.2 Å². The van der Waals surface area contributed by atoms with E-state index in [1.807, 2.05) is 12.1 Å². The van der Waals surface area contributed by atoms with Gasteiger partial charge < -0.3 is 5.32 Å². The molecule has 0 radical (unpaired) electrons. The predicted octanol–water partition coefficient (Wildman–Crippen LogP) is 6.74. The molecule has 6 rings (SSSR count). The second-order valence-corrected chi connectivity index (χ2v) is 11.5. The highest BCUT2D eigenvalue weighted by atomic mass is 35.5. The van der Waals surface area contributed by atoms with Crippen molar-refractivity contribution in [3.8, 4) is 16.8 Å². The van der Waals surface area contributed by atoms with Crippen molar-refractivity contribution in [1.82, 2.24) is 25.2 Å². The highest BCUT2D eigenvalue weighted by Crippen LogP contribution is 2.59. The molecule has 2 bridgehead atoms. The van der Waals surface area contributed by atoms with Crippen LogP contribution in [0.1, 0.15) is 62.6 Å². The summed E-state index contributed by atoms with van der Waals surface area (Å²) in [6.07, 6.45) is 12.7. The third-order valence-electron chi connectivity index (χ3n) is 8.36. The van der Waals surface area contributed by atoms with Gasteiger partial charge in [0.1, 0.15) is 12.1 Å². The number of halogens is 2. The lowest BCUT2D eigenvalue weighted by Gasteiger charge is -2.18. The van der Waals surface area contributed by atoms with Crippen molar-refractivity contribution < 1.29 is 14.0 Å². The molecule has 42 heavy (non-hydrogen) atoms. The molecular weight excluding hydrogens is 555 g/mol. The number of anilines is 1. The van der Waals surface area contributed by atoms with Gasteiger partial charge in [-0.1, -0.05) is 18.0 Å². The lowest BCUT2D eigenvalue weighted by atomic mass is 9.88. The first-order chi connectivity index (χ1) is 20.4. The quantitative estimate of drug-likeness (QED) is 0.241. The van der Waals surface area contributed by atoms with Crippen molar-refractivity contribution in [1.29, 1.82) is 0 Å². The Morgan fingerprint density at radius 2 is 2.07 bits per heavy atom. The first-order valence-corrected chi connectivity index (χ1v) is 14.6. The SMILES string of the molecule is O=C(/C=C/c1cc(Cl)ccc1-n1cnnn1)CCCC12C[C@H]1CCCCC(=O)Nc1cc(F)ccc1-c1ccnc2c1. The van der Waals surface area contributed by atoms with Gasteiger partial charge in [0, 0.05) is 46.3 Å². The Bertz CT molecular complexity index is 1660. The number of nitrogens with one attached hydrogen (secondary N) is 1. The first kappa shape index (κ1) is 27.9. The van der Waals surface area contributed by atoms with E-state index in [0.29, 0.717) is 29.5 Å². The van der Waals surface area contributed by atoms with Crippen LogP contribution in [-0.4, -0.2) is 36.9 Å². The molecule has 2 atom stereocenters. The second-order valence-electron chi connectivity index (χ2n) is 11.1. The maximum Gasteiger partial charge on any atom is 0.224 e. The van der Waals surface area contributed by atoms with Gasteiger partial charge >= 0.3 is 0 Å². The van der Waals surface area contributed by atoms with Gasteiger partial charge in [-0.3, -0.25) is 14.6 Å². The summed E-state index contributed by atoms with van der Waals surface area (Å²) < 4.78 is 15.6. The number of carbonyl (C=O) groups excluding carboxylic acids is 2. The molecule has 2 aromatic heterocycles. The molecule has 3 heterocycles. The monoisotopic (exact) mass is 584 g/mol. The van der Waals surface area contributed by atoms with Gasteiger partial charge in [-0.2, -0.15) is 4.68 Å². The fourth-order valence-corrected chi connectivity index (χ4v) is 6.30. The predicted molar refractivity (Wildman–Crippen MR) is 159 cm³/mol. The highest BCUT2D eigenvalue weighted by Gasteiger charge is 2.54. The molecule has 10 heteroatoms. The number of rotatable bonds is 7. The fourth-order valence-electron chi connectivity index (χ4n) is 6.12.